The number of hydrogen-bond acceptors (Lipinski definition) is 7. The number of unbranched alkanes of at least 4 members (excludes halogenated alkanes) is 4. The fourth-order valence-electron chi connectivity index (χ4n) is 5.17. The van der Waals surface area contributed by atoms with Gasteiger partial charge < -0.3 is 19.7 Å². The van der Waals surface area contributed by atoms with Gasteiger partial charge in [-0.2, -0.15) is 0 Å². The van der Waals surface area contributed by atoms with Crippen molar-refractivity contribution < 1.29 is 37.2 Å². The van der Waals surface area contributed by atoms with Crippen molar-refractivity contribution in [3.63, 3.8) is 0 Å². The van der Waals surface area contributed by atoms with Crippen molar-refractivity contribution in [1.82, 2.24) is 9.80 Å². The average molecular weight is 752 g/mol. The van der Waals surface area contributed by atoms with Crippen LogP contribution >= 0.6 is 22.6 Å². The Morgan fingerprint density at radius 3 is 1.80 bits per heavy atom. The SMILES string of the molecule is [N-]=[N+]=Nc1c(F)c(F)c(COCCCCC[C@@H](O)CN2CCN(C[C@H](O)CCCCCOc3ccc(I)cc3)CC2)c(F)c1F. The first-order valence-electron chi connectivity index (χ1n) is 15.4. The number of azide groups is 1. The molecule has 3 rings (SSSR count). The molecule has 0 spiro atoms. The van der Waals surface area contributed by atoms with Gasteiger partial charge in [-0.05, 0) is 84.5 Å². The lowest BCUT2D eigenvalue weighted by atomic mass is 10.1. The highest BCUT2D eigenvalue weighted by Crippen LogP contribution is 2.31. The van der Waals surface area contributed by atoms with Crippen molar-refractivity contribution >= 4 is 28.3 Å². The molecule has 1 aliphatic heterocycles. The molecule has 1 fully saturated rings. The lowest BCUT2D eigenvalue weighted by Crippen LogP contribution is -2.50. The number of β-amino-alcohol motifs (C(OH)–C–C–N with tert-alkyl or cyclic N) is 2. The summed E-state index contributed by atoms with van der Waals surface area (Å²) in [4.78, 5) is 6.66. The molecular formula is C31H42F4IN5O4. The van der Waals surface area contributed by atoms with Crippen LogP contribution in [-0.2, 0) is 11.3 Å². The van der Waals surface area contributed by atoms with Crippen molar-refractivity contribution in [2.45, 2.75) is 70.2 Å². The summed E-state index contributed by atoms with van der Waals surface area (Å²) >= 11 is 2.26. The van der Waals surface area contributed by atoms with Gasteiger partial charge >= 0.3 is 0 Å². The summed E-state index contributed by atoms with van der Waals surface area (Å²) in [6.45, 7) is 4.68. The quantitative estimate of drug-likeness (QED) is 0.0291. The van der Waals surface area contributed by atoms with Crippen LogP contribution in [0.15, 0.2) is 29.4 Å². The largest absolute Gasteiger partial charge is 0.494 e. The molecule has 45 heavy (non-hydrogen) atoms. The van der Waals surface area contributed by atoms with Gasteiger partial charge in [0.1, 0.15) is 11.4 Å². The van der Waals surface area contributed by atoms with Crippen LogP contribution in [0.3, 0.4) is 0 Å². The fraction of sp³-hybridized carbons (Fsp3) is 0.613. The molecule has 0 amide bonds. The number of ether oxygens (including phenoxy) is 2. The predicted molar refractivity (Wildman–Crippen MR) is 171 cm³/mol. The van der Waals surface area contributed by atoms with E-state index in [1.165, 1.54) is 3.57 Å². The van der Waals surface area contributed by atoms with Crippen LogP contribution in [0.25, 0.3) is 10.4 Å². The Morgan fingerprint density at radius 2 is 1.29 bits per heavy atom. The molecule has 2 atom stereocenters. The highest BCUT2D eigenvalue weighted by Gasteiger charge is 2.25. The average Bonchev–Trinajstić information content (AvgIpc) is 3.02. The van der Waals surface area contributed by atoms with Crippen molar-refractivity contribution in [2.24, 2.45) is 5.11 Å². The molecule has 0 saturated carbocycles. The van der Waals surface area contributed by atoms with E-state index in [0.29, 0.717) is 39.0 Å². The first kappa shape index (κ1) is 37.3. The molecule has 2 aromatic carbocycles. The number of rotatable bonds is 20. The zero-order valence-electron chi connectivity index (χ0n) is 25.3. The van der Waals surface area contributed by atoms with Gasteiger partial charge in [-0.25, -0.2) is 17.6 Å². The Balaban J connectivity index is 1.19. The third-order valence-electron chi connectivity index (χ3n) is 7.72. The second kappa shape index (κ2) is 20.1. The molecular weight excluding hydrogens is 709 g/mol. The summed E-state index contributed by atoms with van der Waals surface area (Å²) < 4.78 is 67.9. The van der Waals surface area contributed by atoms with Gasteiger partial charge in [0.2, 0.25) is 0 Å². The third-order valence-corrected chi connectivity index (χ3v) is 8.43. The van der Waals surface area contributed by atoms with Gasteiger partial charge in [-0.15, -0.1) is 0 Å². The Morgan fingerprint density at radius 1 is 0.778 bits per heavy atom. The van der Waals surface area contributed by atoms with Crippen molar-refractivity contribution in [1.29, 1.82) is 0 Å². The van der Waals surface area contributed by atoms with Crippen molar-refractivity contribution in [3.8, 4) is 5.75 Å². The predicted octanol–water partition coefficient (Wildman–Crippen LogP) is 6.85. The van der Waals surface area contributed by atoms with E-state index in [1.807, 2.05) is 24.3 Å². The number of aliphatic hydroxyl groups is 2. The topological polar surface area (TPSA) is 114 Å². The number of hydrogen-bond donors (Lipinski definition) is 2. The van der Waals surface area contributed by atoms with Crippen molar-refractivity contribution in [2.75, 3.05) is 52.5 Å². The molecule has 1 heterocycles. The molecule has 0 bridgehead atoms. The number of benzene rings is 2. The minimum Gasteiger partial charge on any atom is -0.494 e. The van der Waals surface area contributed by atoms with E-state index < -0.39 is 47.2 Å². The second-order valence-corrected chi connectivity index (χ2v) is 12.5. The second-order valence-electron chi connectivity index (χ2n) is 11.2. The molecule has 0 unspecified atom stereocenters. The number of nitrogens with zero attached hydrogens (tertiary/aromatic N) is 5. The molecule has 250 valence electrons. The fourth-order valence-corrected chi connectivity index (χ4v) is 5.53. The molecule has 9 nitrogen and oxygen atoms in total. The Kier molecular flexibility index (Phi) is 16.7. The van der Waals surface area contributed by atoms with E-state index >= 15 is 0 Å². The van der Waals surface area contributed by atoms with Crippen molar-refractivity contribution in [3.05, 3.63) is 67.1 Å². The Hall–Kier alpha value is -2.20. The number of piperazine rings is 1. The van der Waals surface area contributed by atoms with E-state index in [9.17, 15) is 27.8 Å². The lowest BCUT2D eigenvalue weighted by molar-refractivity contribution is 0.0430. The highest BCUT2D eigenvalue weighted by atomic mass is 127. The molecule has 0 aromatic heterocycles. The van der Waals surface area contributed by atoms with Crippen LogP contribution in [0.1, 0.15) is 56.9 Å². The first-order chi connectivity index (χ1) is 21.7. The van der Waals surface area contributed by atoms with E-state index in [1.54, 1.807) is 0 Å². The Bertz CT molecular complexity index is 1200. The molecule has 14 heteroatoms. The van der Waals surface area contributed by atoms with Gasteiger partial charge in [0.05, 0.1) is 31.0 Å². The number of halogens is 5. The zero-order chi connectivity index (χ0) is 32.6. The minimum atomic E-state index is -1.76. The normalized spacial score (nSPS) is 15.5. The maximum absolute atomic E-state index is 14.0. The maximum Gasteiger partial charge on any atom is 0.171 e. The third kappa shape index (κ3) is 12.8. The zero-order valence-corrected chi connectivity index (χ0v) is 27.5. The molecule has 0 aliphatic carbocycles. The van der Waals surface area contributed by atoms with Crippen LogP contribution in [-0.4, -0.2) is 84.7 Å². The van der Waals surface area contributed by atoms with Crippen LogP contribution in [0, 0.1) is 26.8 Å². The summed E-state index contributed by atoms with van der Waals surface area (Å²) in [5.41, 5.74) is 6.05. The molecule has 1 saturated heterocycles. The van der Waals surface area contributed by atoms with E-state index in [0.717, 1.165) is 64.0 Å². The van der Waals surface area contributed by atoms with Gasteiger partial charge in [-0.3, -0.25) is 9.80 Å². The number of aliphatic hydroxyl groups excluding tert-OH is 2. The molecule has 1 aliphatic rings. The maximum atomic E-state index is 14.0. The van der Waals surface area contributed by atoms with Gasteiger partial charge in [0.25, 0.3) is 0 Å². The van der Waals surface area contributed by atoms with Crippen LogP contribution in [0.5, 0.6) is 5.75 Å². The summed E-state index contributed by atoms with van der Waals surface area (Å²) in [5, 5.41) is 23.6. The Labute approximate surface area is 275 Å². The van der Waals surface area contributed by atoms with Crippen LogP contribution < -0.4 is 4.74 Å². The molecule has 2 aromatic rings. The molecule has 0 radical (unpaired) electrons. The summed E-state index contributed by atoms with van der Waals surface area (Å²) in [7, 11) is 0. The standard InChI is InChI=1S/C31H42F4IN5O4/c32-27-26(28(33)30(35)31(29(27)34)38-39-37)21-44-17-5-1-3-7-23(42)19-40-13-15-41(16-14-40)20-24(43)8-4-2-6-18-45-25-11-9-22(36)10-12-25/h9-12,23-24,42-43H,1-8,13-21H2/t23-,24-/m1/s1. The summed E-state index contributed by atoms with van der Waals surface area (Å²) in [6.07, 6.45) is 5.41. The summed E-state index contributed by atoms with van der Waals surface area (Å²) in [5.74, 6) is -5.94. The molecule has 2 N–H and O–H groups in total. The first-order valence-corrected chi connectivity index (χ1v) is 16.4. The van der Waals surface area contributed by atoms with Crippen LogP contribution in [0.4, 0.5) is 23.2 Å². The minimum absolute atomic E-state index is 0.117. The highest BCUT2D eigenvalue weighted by molar-refractivity contribution is 14.1. The van der Waals surface area contributed by atoms with E-state index in [-0.39, 0.29) is 12.7 Å². The lowest BCUT2D eigenvalue weighted by Gasteiger charge is -2.36. The van der Waals surface area contributed by atoms with E-state index in [2.05, 4.69) is 42.4 Å². The van der Waals surface area contributed by atoms with Gasteiger partial charge in [0, 0.05) is 54.4 Å². The van der Waals surface area contributed by atoms with E-state index in [4.69, 9.17) is 15.0 Å². The van der Waals surface area contributed by atoms with Gasteiger partial charge in [-0.1, -0.05) is 24.4 Å². The monoisotopic (exact) mass is 751 g/mol. The smallest absolute Gasteiger partial charge is 0.171 e. The van der Waals surface area contributed by atoms with Crippen LogP contribution in [0.2, 0.25) is 0 Å². The van der Waals surface area contributed by atoms with Gasteiger partial charge in [0.15, 0.2) is 23.3 Å². The summed E-state index contributed by atoms with van der Waals surface area (Å²) in [6, 6.07) is 7.99.